The Morgan fingerprint density at radius 3 is 2.61 bits per heavy atom. The maximum absolute atomic E-state index is 12.4. The first-order valence-electron chi connectivity index (χ1n) is 9.87. The molecule has 0 unspecified atom stereocenters. The highest BCUT2D eigenvalue weighted by Crippen LogP contribution is 2.29. The normalized spacial score (nSPS) is 10.8. The van der Waals surface area contributed by atoms with Gasteiger partial charge < -0.3 is 24.5 Å². The molecule has 0 radical (unpaired) electrons. The van der Waals surface area contributed by atoms with E-state index in [9.17, 15) is 18.0 Å². The molecule has 0 bridgehead atoms. The van der Waals surface area contributed by atoms with E-state index in [1.807, 2.05) is 6.92 Å². The largest absolute Gasteiger partial charge is 0.573 e. The van der Waals surface area contributed by atoms with E-state index in [0.717, 1.165) is 17.7 Å². The second-order valence-corrected chi connectivity index (χ2v) is 6.47. The summed E-state index contributed by atoms with van der Waals surface area (Å²) in [5.41, 5.74) is 1.45. The van der Waals surface area contributed by atoms with Crippen molar-refractivity contribution < 1.29 is 32.2 Å². The lowest BCUT2D eigenvalue weighted by Gasteiger charge is -2.12. The Kier molecular flexibility index (Phi) is 7.94. The topological polar surface area (TPSA) is 85.5 Å². The van der Waals surface area contributed by atoms with Gasteiger partial charge in [0.15, 0.2) is 0 Å². The van der Waals surface area contributed by atoms with Gasteiger partial charge in [-0.3, -0.25) is 4.79 Å². The van der Waals surface area contributed by atoms with E-state index in [-0.39, 0.29) is 12.4 Å². The Bertz CT molecular complexity index is 1120. The van der Waals surface area contributed by atoms with Gasteiger partial charge in [-0.25, -0.2) is 4.98 Å². The van der Waals surface area contributed by atoms with Gasteiger partial charge in [-0.15, -0.1) is 13.2 Å². The predicted octanol–water partition coefficient (Wildman–Crippen LogP) is 4.38. The highest BCUT2D eigenvalue weighted by Gasteiger charge is 2.30. The number of amides is 1. The average Bonchev–Trinajstić information content (AvgIpc) is 3.31. The minimum absolute atomic E-state index is 0.287. The lowest BCUT2D eigenvalue weighted by atomic mass is 10.1. The number of aromatic amines is 1. The van der Waals surface area contributed by atoms with Crippen LogP contribution < -0.4 is 14.8 Å². The molecule has 3 aromatic rings. The first-order chi connectivity index (χ1) is 15.8. The first kappa shape index (κ1) is 23.7. The molecule has 0 aliphatic heterocycles. The van der Waals surface area contributed by atoms with Gasteiger partial charge in [0, 0.05) is 36.0 Å². The molecule has 0 spiro atoms. The van der Waals surface area contributed by atoms with Crippen LogP contribution in [0, 0.1) is 11.8 Å². The lowest BCUT2D eigenvalue weighted by molar-refractivity contribution is -0.274. The summed E-state index contributed by atoms with van der Waals surface area (Å²) in [6, 6.07) is 10.1. The summed E-state index contributed by atoms with van der Waals surface area (Å²) in [6.07, 6.45) is -1.49. The average molecular weight is 459 g/mol. The molecule has 0 saturated carbocycles. The van der Waals surface area contributed by atoms with Crippen LogP contribution >= 0.6 is 0 Å². The number of imidazole rings is 1. The maximum Gasteiger partial charge on any atom is 0.573 e. The molecule has 10 heteroatoms. The van der Waals surface area contributed by atoms with Crippen LogP contribution in [0.2, 0.25) is 0 Å². The molecular weight excluding hydrogens is 439 g/mol. The van der Waals surface area contributed by atoms with Crippen LogP contribution in [0.15, 0.2) is 54.9 Å². The van der Waals surface area contributed by atoms with Gasteiger partial charge in [-0.2, -0.15) is 0 Å². The van der Waals surface area contributed by atoms with Crippen molar-refractivity contribution >= 4 is 11.6 Å². The van der Waals surface area contributed by atoms with Crippen LogP contribution in [0.25, 0.3) is 11.4 Å². The summed E-state index contributed by atoms with van der Waals surface area (Å²) in [5, 5.41) is 2.67. The summed E-state index contributed by atoms with van der Waals surface area (Å²) in [4.78, 5) is 19.6. The molecular formula is C23H20F3N3O4. The SMILES string of the molecule is CCOCCOc1ccc(-c2ncc[nH]2)cc1NC(=O)C#Cc1ccc(OC(F)(F)F)cc1. The lowest BCUT2D eigenvalue weighted by Crippen LogP contribution is -2.16. The fourth-order valence-corrected chi connectivity index (χ4v) is 2.70. The fraction of sp³-hybridized carbons (Fsp3) is 0.217. The van der Waals surface area contributed by atoms with Crippen molar-refractivity contribution in [1.29, 1.82) is 0 Å². The number of aromatic nitrogens is 2. The standard InChI is InChI=1S/C23H20F3N3O4/c1-2-31-13-14-32-20-9-6-17(22-27-11-12-28-22)15-19(20)29-21(30)10-5-16-3-7-18(8-4-16)33-23(24,25)26/h3-4,6-9,11-12,15H,2,13-14H2,1H3,(H,27,28)(H,29,30). The minimum Gasteiger partial charge on any atom is -0.489 e. The van der Waals surface area contributed by atoms with E-state index in [0.29, 0.717) is 36.0 Å². The molecule has 1 aromatic heterocycles. The molecule has 0 aliphatic carbocycles. The third-order valence-electron chi connectivity index (χ3n) is 4.10. The molecule has 0 atom stereocenters. The molecule has 1 amide bonds. The number of nitrogens with one attached hydrogen (secondary N) is 2. The summed E-state index contributed by atoms with van der Waals surface area (Å²) in [6.45, 7) is 3.11. The van der Waals surface area contributed by atoms with Gasteiger partial charge >= 0.3 is 12.3 Å². The van der Waals surface area contributed by atoms with E-state index in [4.69, 9.17) is 9.47 Å². The Labute approximate surface area is 187 Å². The van der Waals surface area contributed by atoms with Gasteiger partial charge in [-0.1, -0.05) is 5.92 Å². The molecule has 0 saturated heterocycles. The third kappa shape index (κ3) is 7.59. The highest BCUT2D eigenvalue weighted by atomic mass is 19.4. The first-order valence-corrected chi connectivity index (χ1v) is 9.87. The highest BCUT2D eigenvalue weighted by molar-refractivity contribution is 6.05. The van der Waals surface area contributed by atoms with Crippen molar-refractivity contribution in [2.75, 3.05) is 25.1 Å². The number of H-pyrrole nitrogens is 1. The Hall–Kier alpha value is -3.97. The molecule has 0 aliphatic rings. The number of ether oxygens (including phenoxy) is 3. The molecule has 2 aromatic carbocycles. The van der Waals surface area contributed by atoms with Crippen molar-refractivity contribution in [3.8, 4) is 34.7 Å². The zero-order chi connectivity index (χ0) is 23.7. The number of halogens is 3. The van der Waals surface area contributed by atoms with Crippen molar-refractivity contribution in [2.45, 2.75) is 13.3 Å². The van der Waals surface area contributed by atoms with Crippen LogP contribution in [0.1, 0.15) is 12.5 Å². The van der Waals surface area contributed by atoms with Crippen LogP contribution in [0.4, 0.5) is 18.9 Å². The number of carbonyl (C=O) groups excluding carboxylic acids is 1. The monoisotopic (exact) mass is 459 g/mol. The molecule has 1 heterocycles. The van der Waals surface area contributed by atoms with Gasteiger partial charge in [-0.05, 0) is 49.4 Å². The molecule has 0 fully saturated rings. The van der Waals surface area contributed by atoms with Crippen molar-refractivity contribution in [3.05, 3.63) is 60.4 Å². The van der Waals surface area contributed by atoms with Crippen molar-refractivity contribution in [1.82, 2.24) is 9.97 Å². The Morgan fingerprint density at radius 2 is 1.94 bits per heavy atom. The van der Waals surface area contributed by atoms with Crippen LogP contribution in [-0.2, 0) is 9.53 Å². The van der Waals surface area contributed by atoms with E-state index in [1.165, 1.54) is 12.1 Å². The molecule has 33 heavy (non-hydrogen) atoms. The number of carbonyl (C=O) groups is 1. The van der Waals surface area contributed by atoms with Crippen molar-refractivity contribution in [3.63, 3.8) is 0 Å². The van der Waals surface area contributed by atoms with Gasteiger partial charge in [0.2, 0.25) is 0 Å². The van der Waals surface area contributed by atoms with E-state index >= 15 is 0 Å². The van der Waals surface area contributed by atoms with E-state index in [2.05, 4.69) is 31.9 Å². The number of anilines is 1. The fourth-order valence-electron chi connectivity index (χ4n) is 2.70. The summed E-state index contributed by atoms with van der Waals surface area (Å²) < 4.78 is 51.5. The van der Waals surface area contributed by atoms with Crippen LogP contribution in [0.3, 0.4) is 0 Å². The number of nitrogens with zero attached hydrogens (tertiary/aromatic N) is 1. The Morgan fingerprint density at radius 1 is 1.15 bits per heavy atom. The zero-order valence-corrected chi connectivity index (χ0v) is 17.5. The predicted molar refractivity (Wildman–Crippen MR) is 115 cm³/mol. The van der Waals surface area contributed by atoms with E-state index < -0.39 is 12.3 Å². The van der Waals surface area contributed by atoms with E-state index in [1.54, 1.807) is 30.6 Å². The van der Waals surface area contributed by atoms with Gasteiger partial charge in [0.25, 0.3) is 0 Å². The zero-order valence-electron chi connectivity index (χ0n) is 17.5. The number of alkyl halides is 3. The summed E-state index contributed by atoms with van der Waals surface area (Å²) in [7, 11) is 0. The molecule has 2 N–H and O–H groups in total. The maximum atomic E-state index is 12.4. The van der Waals surface area contributed by atoms with Crippen LogP contribution in [-0.4, -0.2) is 42.1 Å². The van der Waals surface area contributed by atoms with Gasteiger partial charge in [0.1, 0.15) is 23.9 Å². The number of benzene rings is 2. The molecule has 3 rings (SSSR count). The number of hydrogen-bond acceptors (Lipinski definition) is 5. The van der Waals surface area contributed by atoms with Crippen molar-refractivity contribution in [2.24, 2.45) is 0 Å². The smallest absolute Gasteiger partial charge is 0.489 e. The number of rotatable bonds is 8. The quantitative estimate of drug-likeness (QED) is 0.386. The second-order valence-electron chi connectivity index (χ2n) is 6.47. The van der Waals surface area contributed by atoms with Gasteiger partial charge in [0.05, 0.1) is 12.3 Å². The summed E-state index contributed by atoms with van der Waals surface area (Å²) in [5.74, 6) is 5.04. The minimum atomic E-state index is -4.78. The third-order valence-corrected chi connectivity index (χ3v) is 4.10. The second kappa shape index (κ2) is 11.1. The Balaban J connectivity index is 1.72. The molecule has 172 valence electrons. The van der Waals surface area contributed by atoms with Crippen LogP contribution in [0.5, 0.6) is 11.5 Å². The molecule has 7 nitrogen and oxygen atoms in total. The summed E-state index contributed by atoms with van der Waals surface area (Å²) >= 11 is 0. The number of hydrogen-bond donors (Lipinski definition) is 2.